The van der Waals surface area contributed by atoms with Gasteiger partial charge in [0.2, 0.25) is 0 Å². The van der Waals surface area contributed by atoms with Crippen molar-refractivity contribution < 1.29 is 14.7 Å². The highest BCUT2D eigenvalue weighted by Gasteiger charge is 2.30. The second kappa shape index (κ2) is 4.61. The quantitative estimate of drug-likeness (QED) is 0.895. The maximum Gasteiger partial charge on any atom is 0.328 e. The van der Waals surface area contributed by atoms with Crippen molar-refractivity contribution in [2.45, 2.75) is 19.4 Å². The highest BCUT2D eigenvalue weighted by atomic mass is 35.5. The predicted molar refractivity (Wildman–Crippen MR) is 63.5 cm³/mol. The number of nitrogens with one attached hydrogen (secondary N) is 1. The molecule has 0 saturated carbocycles. The number of carbonyl (C=O) groups is 2. The van der Waals surface area contributed by atoms with Gasteiger partial charge < -0.3 is 10.4 Å². The molecule has 1 heterocycles. The molecule has 0 fully saturated rings. The maximum absolute atomic E-state index is 11.6. The van der Waals surface area contributed by atoms with E-state index in [0.29, 0.717) is 4.34 Å². The summed E-state index contributed by atoms with van der Waals surface area (Å²) in [5.74, 6) is -1.62. The molecule has 0 aliphatic carbocycles. The summed E-state index contributed by atoms with van der Waals surface area (Å²) in [6.07, 6.45) is 0. The van der Waals surface area contributed by atoms with E-state index in [9.17, 15) is 9.59 Å². The molecule has 16 heavy (non-hydrogen) atoms. The Morgan fingerprint density at radius 1 is 1.44 bits per heavy atom. The van der Waals surface area contributed by atoms with Gasteiger partial charge in [-0.2, -0.15) is 0 Å². The minimum atomic E-state index is -1.33. The van der Waals surface area contributed by atoms with Crippen LogP contribution in [0.4, 0.5) is 0 Å². The maximum atomic E-state index is 11.6. The van der Waals surface area contributed by atoms with Gasteiger partial charge in [-0.25, -0.2) is 4.79 Å². The highest BCUT2D eigenvalue weighted by Crippen LogP contribution is 2.31. The van der Waals surface area contributed by atoms with Gasteiger partial charge in [0.1, 0.15) is 9.88 Å². The second-order valence-corrected chi connectivity index (χ2v) is 5.68. The molecule has 0 aliphatic rings. The molecule has 1 amide bonds. The lowest BCUT2D eigenvalue weighted by molar-refractivity contribution is -0.143. The number of halogens is 2. The van der Waals surface area contributed by atoms with Crippen LogP contribution in [0.1, 0.15) is 23.5 Å². The second-order valence-electron chi connectivity index (χ2n) is 3.62. The minimum absolute atomic E-state index is 0.282. The third-order valence-electron chi connectivity index (χ3n) is 1.83. The molecule has 1 aromatic rings. The van der Waals surface area contributed by atoms with Gasteiger partial charge in [0, 0.05) is 0 Å². The van der Waals surface area contributed by atoms with Crippen LogP contribution in [-0.2, 0) is 4.79 Å². The topological polar surface area (TPSA) is 66.4 Å². The summed E-state index contributed by atoms with van der Waals surface area (Å²) in [7, 11) is 0. The number of carboxylic acids is 1. The van der Waals surface area contributed by atoms with Gasteiger partial charge in [-0.05, 0) is 19.9 Å². The SMILES string of the molecule is CC(C)(NC(=O)c1cc(Cl)c(Cl)s1)C(=O)O. The van der Waals surface area contributed by atoms with Crippen LogP contribution in [0.5, 0.6) is 0 Å². The van der Waals surface area contributed by atoms with Crippen molar-refractivity contribution in [3.8, 4) is 0 Å². The summed E-state index contributed by atoms with van der Waals surface area (Å²) in [6.45, 7) is 2.79. The molecule has 88 valence electrons. The number of amides is 1. The first-order chi connectivity index (χ1) is 7.24. The minimum Gasteiger partial charge on any atom is -0.480 e. The van der Waals surface area contributed by atoms with Crippen molar-refractivity contribution >= 4 is 46.4 Å². The van der Waals surface area contributed by atoms with Crippen LogP contribution < -0.4 is 5.32 Å². The molecule has 2 N–H and O–H groups in total. The fourth-order valence-electron chi connectivity index (χ4n) is 0.857. The Morgan fingerprint density at radius 3 is 2.38 bits per heavy atom. The Hall–Kier alpha value is -0.780. The van der Waals surface area contributed by atoms with Crippen molar-refractivity contribution in [3.63, 3.8) is 0 Å². The van der Waals surface area contributed by atoms with Crippen LogP contribution in [0.15, 0.2) is 6.07 Å². The molecule has 0 bridgehead atoms. The molecule has 1 rings (SSSR count). The van der Waals surface area contributed by atoms with Crippen LogP contribution >= 0.6 is 34.5 Å². The first-order valence-electron chi connectivity index (χ1n) is 4.25. The number of thiophene rings is 1. The first kappa shape index (κ1) is 13.3. The summed E-state index contributed by atoms with van der Waals surface area (Å²) in [6, 6.07) is 1.40. The zero-order valence-electron chi connectivity index (χ0n) is 8.51. The normalized spacial score (nSPS) is 11.2. The van der Waals surface area contributed by atoms with E-state index in [1.807, 2.05) is 0 Å². The number of rotatable bonds is 3. The number of aliphatic carboxylic acids is 1. The van der Waals surface area contributed by atoms with Crippen LogP contribution in [0.3, 0.4) is 0 Å². The highest BCUT2D eigenvalue weighted by molar-refractivity contribution is 7.18. The molecular formula is C9H9Cl2NO3S. The number of hydrogen-bond acceptors (Lipinski definition) is 3. The fraction of sp³-hybridized carbons (Fsp3) is 0.333. The summed E-state index contributed by atoms with van der Waals surface area (Å²) in [5, 5.41) is 11.5. The number of carboxylic acid groups (broad SMARTS) is 1. The van der Waals surface area contributed by atoms with Gasteiger partial charge in [0.15, 0.2) is 0 Å². The lowest BCUT2D eigenvalue weighted by Crippen LogP contribution is -2.49. The van der Waals surface area contributed by atoms with Crippen molar-refractivity contribution in [1.29, 1.82) is 0 Å². The molecule has 0 saturated heterocycles. The van der Waals surface area contributed by atoms with E-state index in [1.165, 1.54) is 19.9 Å². The Balaban J connectivity index is 2.84. The molecule has 0 radical (unpaired) electrons. The van der Waals surface area contributed by atoms with E-state index < -0.39 is 17.4 Å². The average Bonchev–Trinajstić information content (AvgIpc) is 2.46. The lowest BCUT2D eigenvalue weighted by Gasteiger charge is -2.20. The molecule has 0 aliphatic heterocycles. The average molecular weight is 282 g/mol. The Labute approximate surface area is 106 Å². The van der Waals surface area contributed by atoms with E-state index in [-0.39, 0.29) is 9.90 Å². The lowest BCUT2D eigenvalue weighted by atomic mass is 10.1. The summed E-state index contributed by atoms with van der Waals surface area (Å²) < 4.78 is 0.306. The summed E-state index contributed by atoms with van der Waals surface area (Å²) in [5.41, 5.74) is -1.33. The van der Waals surface area contributed by atoms with E-state index in [1.54, 1.807) is 0 Å². The van der Waals surface area contributed by atoms with Crippen molar-refractivity contribution in [1.82, 2.24) is 5.32 Å². The van der Waals surface area contributed by atoms with E-state index >= 15 is 0 Å². The Bertz CT molecular complexity index is 422. The largest absolute Gasteiger partial charge is 0.480 e. The van der Waals surface area contributed by atoms with Crippen LogP contribution in [0.25, 0.3) is 0 Å². The van der Waals surface area contributed by atoms with Crippen molar-refractivity contribution in [2.75, 3.05) is 0 Å². The van der Waals surface area contributed by atoms with Gasteiger partial charge in [-0.15, -0.1) is 11.3 Å². The molecule has 0 spiro atoms. The molecular weight excluding hydrogens is 273 g/mol. The van der Waals surface area contributed by atoms with Gasteiger partial charge in [0.25, 0.3) is 5.91 Å². The van der Waals surface area contributed by atoms with Gasteiger partial charge >= 0.3 is 5.97 Å². The third kappa shape index (κ3) is 2.87. The zero-order chi connectivity index (χ0) is 12.5. The first-order valence-corrected chi connectivity index (χ1v) is 5.82. The van der Waals surface area contributed by atoms with Crippen molar-refractivity contribution in [3.05, 3.63) is 20.3 Å². The summed E-state index contributed by atoms with van der Waals surface area (Å²) >= 11 is 12.4. The summed E-state index contributed by atoms with van der Waals surface area (Å²) in [4.78, 5) is 22.7. The molecule has 7 heteroatoms. The Morgan fingerprint density at radius 2 is 2.00 bits per heavy atom. The van der Waals surface area contributed by atoms with Crippen LogP contribution in [-0.4, -0.2) is 22.5 Å². The van der Waals surface area contributed by atoms with E-state index in [2.05, 4.69) is 5.32 Å². The van der Waals surface area contributed by atoms with E-state index in [0.717, 1.165) is 11.3 Å². The molecule has 1 aromatic heterocycles. The monoisotopic (exact) mass is 281 g/mol. The smallest absolute Gasteiger partial charge is 0.328 e. The molecule has 0 aromatic carbocycles. The van der Waals surface area contributed by atoms with Crippen molar-refractivity contribution in [2.24, 2.45) is 0 Å². The fourth-order valence-corrected chi connectivity index (χ4v) is 2.12. The predicted octanol–water partition coefficient (Wildman–Crippen LogP) is 2.65. The zero-order valence-corrected chi connectivity index (χ0v) is 10.8. The molecule has 0 unspecified atom stereocenters. The van der Waals surface area contributed by atoms with E-state index in [4.69, 9.17) is 28.3 Å². The standard InChI is InChI=1S/C9H9Cl2NO3S/c1-9(2,8(14)15)12-7(13)5-3-4(10)6(11)16-5/h3H,1-2H3,(H,12,13)(H,14,15). The van der Waals surface area contributed by atoms with Gasteiger partial charge in [-0.3, -0.25) is 4.79 Å². The van der Waals surface area contributed by atoms with Gasteiger partial charge in [-0.1, -0.05) is 23.2 Å². The molecule has 0 atom stereocenters. The Kier molecular flexibility index (Phi) is 3.83. The van der Waals surface area contributed by atoms with Gasteiger partial charge in [0.05, 0.1) is 9.90 Å². The van der Waals surface area contributed by atoms with Crippen LogP contribution in [0, 0.1) is 0 Å². The number of carbonyl (C=O) groups excluding carboxylic acids is 1. The third-order valence-corrected chi connectivity index (χ3v) is 3.69. The van der Waals surface area contributed by atoms with Crippen LogP contribution in [0.2, 0.25) is 9.36 Å². The molecule has 4 nitrogen and oxygen atoms in total. The number of hydrogen-bond donors (Lipinski definition) is 2.